The van der Waals surface area contributed by atoms with Crippen LogP contribution in [-0.2, 0) is 9.59 Å². The van der Waals surface area contributed by atoms with Gasteiger partial charge in [0, 0.05) is 12.6 Å². The Kier molecular flexibility index (Phi) is 4.97. The number of carbonyl (C=O) groups excluding carboxylic acids is 2. The molecule has 2 rings (SSSR count). The number of likely N-dealkylation sites (tertiary alicyclic amines) is 1. The fraction of sp³-hybridized carbons (Fsp3) is 0.867. The van der Waals surface area contributed by atoms with Gasteiger partial charge in [0.2, 0.25) is 11.8 Å². The predicted octanol–water partition coefficient (Wildman–Crippen LogP) is 1.94. The summed E-state index contributed by atoms with van der Waals surface area (Å²) in [5.74, 6) is 0.231. The van der Waals surface area contributed by atoms with Gasteiger partial charge < -0.3 is 5.32 Å². The average Bonchev–Trinajstić information content (AvgIpc) is 2.95. The molecule has 3 unspecified atom stereocenters. The Balaban J connectivity index is 1.74. The minimum absolute atomic E-state index is 0.0168. The summed E-state index contributed by atoms with van der Waals surface area (Å²) in [5, 5.41) is 3.43. The number of hydrogen-bond acceptors (Lipinski definition) is 3. The van der Waals surface area contributed by atoms with Crippen molar-refractivity contribution in [3.05, 3.63) is 0 Å². The van der Waals surface area contributed by atoms with Crippen LogP contribution in [0.15, 0.2) is 0 Å². The number of fused-ring (bicyclic) bond motifs is 1. The van der Waals surface area contributed by atoms with Crippen molar-refractivity contribution < 1.29 is 9.59 Å². The molecule has 4 nitrogen and oxygen atoms in total. The highest BCUT2D eigenvalue weighted by Crippen LogP contribution is 2.39. The van der Waals surface area contributed by atoms with Crippen LogP contribution < -0.4 is 5.32 Å². The van der Waals surface area contributed by atoms with Crippen LogP contribution >= 0.6 is 0 Å². The van der Waals surface area contributed by atoms with E-state index in [0.717, 1.165) is 45.1 Å². The zero-order valence-corrected chi connectivity index (χ0v) is 12.2. The second-order valence-electron chi connectivity index (χ2n) is 5.97. The summed E-state index contributed by atoms with van der Waals surface area (Å²) in [5.41, 5.74) is 0. The highest BCUT2D eigenvalue weighted by Gasteiger charge is 2.49. The third kappa shape index (κ3) is 3.16. The van der Waals surface area contributed by atoms with Gasteiger partial charge in [0.25, 0.3) is 0 Å². The van der Waals surface area contributed by atoms with Crippen molar-refractivity contribution in [2.24, 2.45) is 11.8 Å². The molecule has 1 saturated carbocycles. The number of hydrogen-bond donors (Lipinski definition) is 1. The fourth-order valence-corrected chi connectivity index (χ4v) is 3.33. The van der Waals surface area contributed by atoms with E-state index in [0.29, 0.717) is 12.6 Å². The highest BCUT2D eigenvalue weighted by atomic mass is 16.2. The molecule has 0 bridgehead atoms. The van der Waals surface area contributed by atoms with Crippen molar-refractivity contribution >= 4 is 11.8 Å². The number of imide groups is 1. The van der Waals surface area contributed by atoms with Crippen LogP contribution in [0.4, 0.5) is 0 Å². The summed E-state index contributed by atoms with van der Waals surface area (Å²) in [4.78, 5) is 25.8. The molecule has 108 valence electrons. The molecule has 1 heterocycles. The Morgan fingerprint density at radius 3 is 2.47 bits per heavy atom. The highest BCUT2D eigenvalue weighted by molar-refractivity contribution is 6.05. The molecular weight excluding hydrogens is 240 g/mol. The van der Waals surface area contributed by atoms with E-state index in [4.69, 9.17) is 0 Å². The third-order valence-electron chi connectivity index (χ3n) is 4.44. The first kappa shape index (κ1) is 14.5. The van der Waals surface area contributed by atoms with Crippen molar-refractivity contribution in [1.29, 1.82) is 0 Å². The van der Waals surface area contributed by atoms with Gasteiger partial charge in [-0.1, -0.05) is 13.3 Å². The third-order valence-corrected chi connectivity index (χ3v) is 4.44. The standard InChI is InChI=1S/C15H26N2O2/c1-3-9-16-11(2)6-5-10-17-14(18)12-7-4-8-13(12)15(17)19/h11-13,16H,3-10H2,1-2H3. The van der Waals surface area contributed by atoms with Crippen molar-refractivity contribution in [2.45, 2.75) is 58.4 Å². The van der Waals surface area contributed by atoms with Crippen LogP contribution in [0.5, 0.6) is 0 Å². The minimum atomic E-state index is 0.0168. The monoisotopic (exact) mass is 266 g/mol. The van der Waals surface area contributed by atoms with E-state index in [1.54, 1.807) is 0 Å². The Bertz CT molecular complexity index is 321. The molecule has 0 aromatic rings. The van der Waals surface area contributed by atoms with E-state index in [9.17, 15) is 9.59 Å². The van der Waals surface area contributed by atoms with Gasteiger partial charge in [-0.3, -0.25) is 14.5 Å². The van der Waals surface area contributed by atoms with Crippen LogP contribution in [0.25, 0.3) is 0 Å². The van der Waals surface area contributed by atoms with Crippen molar-refractivity contribution in [3.8, 4) is 0 Å². The lowest BCUT2D eigenvalue weighted by Crippen LogP contribution is -2.34. The lowest BCUT2D eigenvalue weighted by Gasteiger charge is -2.18. The molecule has 2 fully saturated rings. The quantitative estimate of drug-likeness (QED) is 0.716. The molecule has 1 N–H and O–H groups in total. The van der Waals surface area contributed by atoms with Gasteiger partial charge in [0.15, 0.2) is 0 Å². The van der Waals surface area contributed by atoms with Crippen molar-refractivity contribution in [1.82, 2.24) is 10.2 Å². The van der Waals surface area contributed by atoms with Crippen LogP contribution in [-0.4, -0.2) is 35.8 Å². The summed E-state index contributed by atoms with van der Waals surface area (Å²) in [6.45, 7) is 5.97. The molecule has 4 heteroatoms. The van der Waals surface area contributed by atoms with E-state index < -0.39 is 0 Å². The van der Waals surface area contributed by atoms with E-state index in [1.807, 2.05) is 0 Å². The number of rotatable bonds is 7. The average molecular weight is 266 g/mol. The molecule has 1 aliphatic heterocycles. The topological polar surface area (TPSA) is 49.4 Å². The number of nitrogens with zero attached hydrogens (tertiary/aromatic N) is 1. The Morgan fingerprint density at radius 2 is 1.89 bits per heavy atom. The zero-order chi connectivity index (χ0) is 13.8. The van der Waals surface area contributed by atoms with Gasteiger partial charge in [-0.2, -0.15) is 0 Å². The van der Waals surface area contributed by atoms with Gasteiger partial charge in [-0.25, -0.2) is 0 Å². The molecule has 0 spiro atoms. The summed E-state index contributed by atoms with van der Waals surface area (Å²) in [6, 6.07) is 0.465. The molecule has 0 radical (unpaired) electrons. The first-order chi connectivity index (χ1) is 9.15. The summed E-state index contributed by atoms with van der Waals surface area (Å²) >= 11 is 0. The second kappa shape index (κ2) is 6.51. The van der Waals surface area contributed by atoms with Gasteiger partial charge in [0.05, 0.1) is 11.8 Å². The summed E-state index contributed by atoms with van der Waals surface area (Å²) in [7, 11) is 0. The molecule has 3 atom stereocenters. The molecule has 2 aliphatic rings. The first-order valence-corrected chi connectivity index (χ1v) is 7.73. The maximum Gasteiger partial charge on any atom is 0.233 e. The van der Waals surface area contributed by atoms with E-state index in [1.165, 1.54) is 4.90 Å². The zero-order valence-electron chi connectivity index (χ0n) is 12.2. The van der Waals surface area contributed by atoms with Gasteiger partial charge >= 0.3 is 0 Å². The second-order valence-corrected chi connectivity index (χ2v) is 5.97. The lowest BCUT2D eigenvalue weighted by atomic mass is 10.00. The largest absolute Gasteiger partial charge is 0.314 e. The van der Waals surface area contributed by atoms with Crippen LogP contribution in [0.2, 0.25) is 0 Å². The van der Waals surface area contributed by atoms with Crippen molar-refractivity contribution in [2.75, 3.05) is 13.1 Å². The molecule has 1 saturated heterocycles. The molecule has 19 heavy (non-hydrogen) atoms. The van der Waals surface area contributed by atoms with Gasteiger partial charge in [-0.15, -0.1) is 0 Å². The van der Waals surface area contributed by atoms with Gasteiger partial charge in [0.1, 0.15) is 0 Å². The summed E-state index contributed by atoms with van der Waals surface area (Å²) < 4.78 is 0. The SMILES string of the molecule is CCCNC(C)CCCN1C(=O)C2CCCC2C1=O. The molecular formula is C15H26N2O2. The smallest absolute Gasteiger partial charge is 0.233 e. The maximum atomic E-state index is 12.1. The molecule has 2 amide bonds. The molecule has 1 aliphatic carbocycles. The van der Waals surface area contributed by atoms with Gasteiger partial charge in [-0.05, 0) is 45.6 Å². The molecule has 0 aromatic heterocycles. The molecule has 0 aromatic carbocycles. The number of nitrogens with one attached hydrogen (secondary N) is 1. The lowest BCUT2D eigenvalue weighted by molar-refractivity contribution is -0.140. The van der Waals surface area contributed by atoms with E-state index in [2.05, 4.69) is 19.2 Å². The normalized spacial score (nSPS) is 28.0. The van der Waals surface area contributed by atoms with E-state index >= 15 is 0 Å². The minimum Gasteiger partial charge on any atom is -0.314 e. The maximum absolute atomic E-state index is 12.1. The van der Waals surface area contributed by atoms with Crippen LogP contribution in [0.1, 0.15) is 52.4 Å². The Labute approximate surface area is 115 Å². The van der Waals surface area contributed by atoms with Crippen LogP contribution in [0.3, 0.4) is 0 Å². The fourth-order valence-electron chi connectivity index (χ4n) is 3.33. The number of carbonyl (C=O) groups is 2. The Morgan fingerprint density at radius 1 is 1.26 bits per heavy atom. The van der Waals surface area contributed by atoms with Crippen LogP contribution in [0, 0.1) is 11.8 Å². The van der Waals surface area contributed by atoms with Crippen molar-refractivity contribution in [3.63, 3.8) is 0 Å². The first-order valence-electron chi connectivity index (χ1n) is 7.73. The number of amides is 2. The van der Waals surface area contributed by atoms with E-state index in [-0.39, 0.29) is 23.7 Å². The summed E-state index contributed by atoms with van der Waals surface area (Å²) in [6.07, 6.45) is 5.94. The Hall–Kier alpha value is -0.900. The predicted molar refractivity (Wildman–Crippen MR) is 74.5 cm³/mol.